The van der Waals surface area contributed by atoms with Crippen LogP contribution in [-0.2, 0) is 4.79 Å². The van der Waals surface area contributed by atoms with Crippen LogP contribution in [0, 0.1) is 26.6 Å². The zero-order valence-corrected chi connectivity index (χ0v) is 16.2. The first-order valence-corrected chi connectivity index (χ1v) is 9.12. The number of halogens is 1. The Hall–Kier alpha value is -2.88. The zero-order valence-electron chi connectivity index (χ0n) is 15.4. The molecule has 0 saturated heterocycles. The number of hydrogen-bond donors (Lipinski definition) is 2. The molecular weight excluding hydrogens is 369 g/mol. The van der Waals surface area contributed by atoms with Crippen LogP contribution in [0.3, 0.4) is 0 Å². The molecule has 0 radical (unpaired) electrons. The number of benzene rings is 1. The molecular formula is C17H20FN7OS. The predicted molar refractivity (Wildman–Crippen MR) is 102 cm³/mol. The second-order valence-corrected chi connectivity index (χ2v) is 7.51. The van der Waals surface area contributed by atoms with Crippen molar-refractivity contribution in [3.63, 3.8) is 0 Å². The van der Waals surface area contributed by atoms with Gasteiger partial charge < -0.3 is 11.2 Å². The van der Waals surface area contributed by atoms with Gasteiger partial charge in [0.25, 0.3) is 5.95 Å². The highest BCUT2D eigenvalue weighted by Crippen LogP contribution is 2.23. The lowest BCUT2D eigenvalue weighted by atomic mass is 10.2. The summed E-state index contributed by atoms with van der Waals surface area (Å²) in [5, 5.41) is 15.0. The molecule has 0 spiro atoms. The first-order valence-electron chi connectivity index (χ1n) is 8.24. The lowest BCUT2D eigenvalue weighted by Gasteiger charge is -2.12. The van der Waals surface area contributed by atoms with Crippen LogP contribution < -0.4 is 11.2 Å². The van der Waals surface area contributed by atoms with Crippen LogP contribution in [0.1, 0.15) is 23.9 Å². The highest BCUT2D eigenvalue weighted by Gasteiger charge is 2.21. The van der Waals surface area contributed by atoms with Gasteiger partial charge in [-0.3, -0.25) is 4.79 Å². The summed E-state index contributed by atoms with van der Waals surface area (Å²) in [6.07, 6.45) is 0. The third-order valence-electron chi connectivity index (χ3n) is 3.94. The van der Waals surface area contributed by atoms with E-state index in [0.717, 1.165) is 23.1 Å². The smallest absolute Gasteiger partial charge is 0.271 e. The van der Waals surface area contributed by atoms with E-state index < -0.39 is 5.25 Å². The number of nitrogen functional groups attached to an aromatic ring is 1. The Morgan fingerprint density at radius 2 is 2.00 bits per heavy atom. The monoisotopic (exact) mass is 389 g/mol. The SMILES string of the molecule is Cc1cc(C)n(-c2nnc(S[C@H](C)C(=O)Nc3ccc(C)c(F)c3)n2N)n1. The Bertz CT molecular complexity index is 997. The summed E-state index contributed by atoms with van der Waals surface area (Å²) < 4.78 is 16.5. The van der Waals surface area contributed by atoms with Crippen molar-refractivity contribution >= 4 is 23.4 Å². The maximum atomic E-state index is 13.6. The van der Waals surface area contributed by atoms with Crippen LogP contribution in [0.4, 0.5) is 10.1 Å². The summed E-state index contributed by atoms with van der Waals surface area (Å²) in [5.41, 5.74) is 2.62. The molecule has 0 bridgehead atoms. The van der Waals surface area contributed by atoms with Crippen molar-refractivity contribution in [1.82, 2.24) is 24.7 Å². The van der Waals surface area contributed by atoms with Crippen molar-refractivity contribution in [2.75, 3.05) is 11.2 Å². The maximum Gasteiger partial charge on any atom is 0.271 e. The lowest BCUT2D eigenvalue weighted by Crippen LogP contribution is -2.24. The van der Waals surface area contributed by atoms with E-state index in [1.807, 2.05) is 19.9 Å². The number of anilines is 1. The number of carbonyl (C=O) groups is 1. The van der Waals surface area contributed by atoms with Gasteiger partial charge in [-0.25, -0.2) is 13.7 Å². The molecule has 0 unspecified atom stereocenters. The molecule has 8 nitrogen and oxygen atoms in total. The molecule has 142 valence electrons. The molecule has 10 heteroatoms. The van der Waals surface area contributed by atoms with Crippen LogP contribution in [0.2, 0.25) is 0 Å². The van der Waals surface area contributed by atoms with Gasteiger partial charge in [0.15, 0.2) is 0 Å². The summed E-state index contributed by atoms with van der Waals surface area (Å²) in [6.45, 7) is 7.13. The number of aryl methyl sites for hydroxylation is 3. The van der Waals surface area contributed by atoms with E-state index in [0.29, 0.717) is 22.4 Å². The van der Waals surface area contributed by atoms with Crippen LogP contribution in [0.25, 0.3) is 5.95 Å². The fourth-order valence-electron chi connectivity index (χ4n) is 2.45. The Kier molecular flexibility index (Phi) is 5.17. The standard InChI is InChI=1S/C17H20FN7OS/c1-9-5-6-13(8-14(9)18)20-15(26)12(4)27-17-22-21-16(24(17)19)25-11(3)7-10(2)23-25/h5-8,12H,19H2,1-4H3,(H,20,26)/t12-/m1/s1. The van der Waals surface area contributed by atoms with Gasteiger partial charge in [0.1, 0.15) is 5.82 Å². The molecule has 0 aliphatic carbocycles. The molecule has 1 atom stereocenters. The number of rotatable bonds is 5. The number of thioether (sulfide) groups is 1. The van der Waals surface area contributed by atoms with Gasteiger partial charge in [-0.1, -0.05) is 17.8 Å². The molecule has 1 amide bonds. The van der Waals surface area contributed by atoms with Gasteiger partial charge >= 0.3 is 0 Å². The summed E-state index contributed by atoms with van der Waals surface area (Å²) in [5.74, 6) is 5.77. The maximum absolute atomic E-state index is 13.6. The quantitative estimate of drug-likeness (QED) is 0.513. The van der Waals surface area contributed by atoms with Gasteiger partial charge in [0.2, 0.25) is 11.1 Å². The molecule has 0 aliphatic rings. The fourth-order valence-corrected chi connectivity index (χ4v) is 3.22. The normalized spacial score (nSPS) is 12.2. The molecule has 2 heterocycles. The topological polar surface area (TPSA) is 104 Å². The van der Waals surface area contributed by atoms with E-state index in [1.54, 1.807) is 30.7 Å². The Balaban J connectivity index is 1.72. The summed E-state index contributed by atoms with van der Waals surface area (Å²) in [6, 6.07) is 6.45. The number of nitrogens with zero attached hydrogens (tertiary/aromatic N) is 5. The molecule has 2 aromatic heterocycles. The highest BCUT2D eigenvalue weighted by atomic mass is 32.2. The Labute approximate surface area is 159 Å². The largest absolute Gasteiger partial charge is 0.334 e. The Morgan fingerprint density at radius 3 is 2.63 bits per heavy atom. The lowest BCUT2D eigenvalue weighted by molar-refractivity contribution is -0.115. The first kappa shape index (κ1) is 18.9. The summed E-state index contributed by atoms with van der Waals surface area (Å²) in [4.78, 5) is 12.4. The van der Waals surface area contributed by atoms with Crippen molar-refractivity contribution in [2.24, 2.45) is 0 Å². The van der Waals surface area contributed by atoms with Gasteiger partial charge in [-0.05, 0) is 51.5 Å². The minimum atomic E-state index is -0.519. The van der Waals surface area contributed by atoms with Crippen molar-refractivity contribution in [1.29, 1.82) is 0 Å². The van der Waals surface area contributed by atoms with Gasteiger partial charge in [-0.2, -0.15) is 5.10 Å². The molecule has 3 aromatic rings. The molecule has 1 aromatic carbocycles. The number of carbonyl (C=O) groups excluding carboxylic acids is 1. The predicted octanol–water partition coefficient (Wildman–Crippen LogP) is 2.36. The molecule has 0 fully saturated rings. The van der Waals surface area contributed by atoms with Crippen molar-refractivity contribution in [3.05, 3.63) is 47.0 Å². The number of aromatic nitrogens is 5. The van der Waals surface area contributed by atoms with Crippen LogP contribution in [0.15, 0.2) is 29.4 Å². The van der Waals surface area contributed by atoms with E-state index >= 15 is 0 Å². The third-order valence-corrected chi connectivity index (χ3v) is 4.99. The minimum Gasteiger partial charge on any atom is -0.334 e. The molecule has 0 saturated carbocycles. The number of amides is 1. The average Bonchev–Trinajstić information content (AvgIpc) is 3.12. The van der Waals surface area contributed by atoms with Gasteiger partial charge in [0.05, 0.1) is 10.9 Å². The van der Waals surface area contributed by atoms with Crippen LogP contribution in [-0.4, -0.2) is 35.8 Å². The summed E-state index contributed by atoms with van der Waals surface area (Å²) >= 11 is 1.15. The highest BCUT2D eigenvalue weighted by molar-refractivity contribution is 8.00. The van der Waals surface area contributed by atoms with Crippen molar-refractivity contribution in [2.45, 2.75) is 38.1 Å². The zero-order chi connectivity index (χ0) is 19.7. The first-order chi connectivity index (χ1) is 12.8. The van der Waals surface area contributed by atoms with Crippen molar-refractivity contribution < 1.29 is 9.18 Å². The van der Waals surface area contributed by atoms with E-state index in [2.05, 4.69) is 20.6 Å². The number of nitrogens with one attached hydrogen (secondary N) is 1. The van der Waals surface area contributed by atoms with E-state index in [-0.39, 0.29) is 11.7 Å². The van der Waals surface area contributed by atoms with Crippen LogP contribution >= 0.6 is 11.8 Å². The average molecular weight is 389 g/mol. The van der Waals surface area contributed by atoms with E-state index in [1.165, 1.54) is 10.7 Å². The molecule has 3 N–H and O–H groups in total. The second-order valence-electron chi connectivity index (χ2n) is 6.20. The fraction of sp³-hybridized carbons (Fsp3) is 0.294. The second kappa shape index (κ2) is 7.39. The number of nitrogens with two attached hydrogens (primary N) is 1. The summed E-state index contributed by atoms with van der Waals surface area (Å²) in [7, 11) is 0. The van der Waals surface area contributed by atoms with Gasteiger partial charge in [0, 0.05) is 11.4 Å². The van der Waals surface area contributed by atoms with Gasteiger partial charge in [-0.15, -0.1) is 10.2 Å². The third kappa shape index (κ3) is 3.95. The molecule has 27 heavy (non-hydrogen) atoms. The molecule has 3 rings (SSSR count). The van der Waals surface area contributed by atoms with E-state index in [4.69, 9.17) is 5.84 Å². The number of hydrogen-bond acceptors (Lipinski definition) is 6. The van der Waals surface area contributed by atoms with Crippen molar-refractivity contribution in [3.8, 4) is 5.95 Å². The molecule has 0 aliphatic heterocycles. The van der Waals surface area contributed by atoms with Crippen LogP contribution in [0.5, 0.6) is 0 Å². The minimum absolute atomic E-state index is 0.293. The van der Waals surface area contributed by atoms with E-state index in [9.17, 15) is 9.18 Å². The Morgan fingerprint density at radius 1 is 1.26 bits per heavy atom.